The molecule has 0 spiro atoms. The Balaban J connectivity index is 5.47. The summed E-state index contributed by atoms with van der Waals surface area (Å²) in [6.45, 7) is 16.7. The summed E-state index contributed by atoms with van der Waals surface area (Å²) in [5.74, 6) is -0.0164. The molecule has 176 valence electrons. The first-order valence-electron chi connectivity index (χ1n) is 11.5. The predicted molar refractivity (Wildman–Crippen MR) is 123 cm³/mol. The molecule has 0 aromatic heterocycles. The fourth-order valence-electron chi connectivity index (χ4n) is 3.72. The number of carbonyl (C=O) groups excluding carboxylic acids is 3. The van der Waals surface area contributed by atoms with E-state index in [0.29, 0.717) is 32.2 Å². The van der Waals surface area contributed by atoms with Gasteiger partial charge in [-0.3, -0.25) is 9.59 Å². The molecule has 0 bridgehead atoms. The molecule has 0 fully saturated rings. The fraction of sp³-hybridized carbons (Fsp3) is 0.870. The van der Waals surface area contributed by atoms with E-state index in [1.165, 1.54) is 0 Å². The minimum Gasteiger partial charge on any atom is -0.352 e. The van der Waals surface area contributed by atoms with E-state index < -0.39 is 17.5 Å². The third-order valence-electron chi connectivity index (χ3n) is 6.13. The molecule has 2 atom stereocenters. The molecule has 7 nitrogen and oxygen atoms in total. The molecule has 0 rings (SSSR count). The lowest BCUT2D eigenvalue weighted by molar-refractivity contribution is -0.135. The Morgan fingerprint density at radius 3 is 2.00 bits per heavy atom. The Labute approximate surface area is 183 Å². The van der Waals surface area contributed by atoms with Crippen LogP contribution < -0.4 is 21.7 Å². The Hall–Kier alpha value is -1.63. The molecule has 0 saturated carbocycles. The maximum absolute atomic E-state index is 13.3. The van der Waals surface area contributed by atoms with Crippen LogP contribution in [-0.2, 0) is 9.59 Å². The second-order valence-electron chi connectivity index (χ2n) is 9.63. The molecule has 0 heterocycles. The van der Waals surface area contributed by atoms with Crippen LogP contribution >= 0.6 is 0 Å². The molecule has 0 aliphatic rings. The third kappa shape index (κ3) is 9.45. The van der Waals surface area contributed by atoms with Crippen molar-refractivity contribution in [2.24, 2.45) is 17.1 Å². The number of nitrogens with one attached hydrogen (secondary N) is 3. The first kappa shape index (κ1) is 28.4. The smallest absolute Gasteiger partial charge is 0.312 e. The summed E-state index contributed by atoms with van der Waals surface area (Å²) in [6.07, 6.45) is 4.42. The zero-order chi connectivity index (χ0) is 23.5. The number of hydrogen-bond donors (Lipinski definition) is 4. The van der Waals surface area contributed by atoms with Gasteiger partial charge in [-0.2, -0.15) is 0 Å². The van der Waals surface area contributed by atoms with E-state index in [4.69, 9.17) is 5.73 Å². The highest BCUT2D eigenvalue weighted by Crippen LogP contribution is 2.29. The van der Waals surface area contributed by atoms with Crippen molar-refractivity contribution < 1.29 is 14.4 Å². The summed E-state index contributed by atoms with van der Waals surface area (Å²) in [6, 6.07) is -1.56. The largest absolute Gasteiger partial charge is 0.352 e. The molecule has 0 aliphatic carbocycles. The van der Waals surface area contributed by atoms with E-state index in [9.17, 15) is 14.4 Å². The minimum absolute atomic E-state index is 0.0512. The number of hydrogen-bond acceptors (Lipinski definition) is 4. The maximum atomic E-state index is 13.3. The second-order valence-corrected chi connectivity index (χ2v) is 9.63. The van der Waals surface area contributed by atoms with Crippen LogP contribution in [0, 0.1) is 11.3 Å². The van der Waals surface area contributed by atoms with Crippen LogP contribution in [-0.4, -0.2) is 41.9 Å². The predicted octanol–water partition coefficient (Wildman–Crippen LogP) is 3.51. The zero-order valence-corrected chi connectivity index (χ0v) is 20.5. The number of amides is 3. The van der Waals surface area contributed by atoms with E-state index in [1.54, 1.807) is 0 Å². The topological polar surface area (TPSA) is 113 Å². The van der Waals surface area contributed by atoms with Gasteiger partial charge in [-0.15, -0.1) is 0 Å². The summed E-state index contributed by atoms with van der Waals surface area (Å²) in [4.78, 5) is 37.5. The maximum Gasteiger partial charge on any atom is 0.312 e. The van der Waals surface area contributed by atoms with Gasteiger partial charge in [0.15, 0.2) is 5.78 Å². The number of ketones is 1. The Morgan fingerprint density at radius 1 is 1.00 bits per heavy atom. The lowest BCUT2D eigenvalue weighted by Gasteiger charge is -2.35. The van der Waals surface area contributed by atoms with E-state index in [1.807, 2.05) is 34.6 Å². The molecule has 0 aliphatic heterocycles. The van der Waals surface area contributed by atoms with Crippen LogP contribution in [0.3, 0.4) is 0 Å². The quantitative estimate of drug-likeness (QED) is 0.300. The number of primary amides is 1. The SMILES string of the molecule is CCCC(C)(C)NC(C(=O)NC(CCCNC(N)=O)C(=O)C(C)(CC)CC)C(C)C. The molecule has 2 unspecified atom stereocenters. The number of Topliss-reactive ketones (excluding diaryl/α,β-unsaturated/α-hetero) is 1. The van der Waals surface area contributed by atoms with Crippen LogP contribution in [0.25, 0.3) is 0 Å². The Morgan fingerprint density at radius 2 is 1.57 bits per heavy atom. The Bertz CT molecular complexity index is 557. The molecule has 0 aromatic carbocycles. The number of rotatable bonds is 15. The van der Waals surface area contributed by atoms with Crippen LogP contribution in [0.15, 0.2) is 0 Å². The number of nitrogens with two attached hydrogens (primary N) is 1. The molecule has 5 N–H and O–H groups in total. The van der Waals surface area contributed by atoms with Gasteiger partial charge in [-0.1, -0.05) is 48.0 Å². The van der Waals surface area contributed by atoms with Crippen molar-refractivity contribution in [3.8, 4) is 0 Å². The molecule has 0 saturated heterocycles. The zero-order valence-electron chi connectivity index (χ0n) is 20.5. The van der Waals surface area contributed by atoms with Crippen molar-refractivity contribution in [1.29, 1.82) is 0 Å². The monoisotopic (exact) mass is 426 g/mol. The van der Waals surface area contributed by atoms with Crippen molar-refractivity contribution in [1.82, 2.24) is 16.0 Å². The van der Waals surface area contributed by atoms with E-state index in [2.05, 4.69) is 36.7 Å². The van der Waals surface area contributed by atoms with Gasteiger partial charge in [0, 0.05) is 17.5 Å². The number of carbonyl (C=O) groups is 3. The summed E-state index contributed by atoms with van der Waals surface area (Å²) in [5.41, 5.74) is 4.46. The van der Waals surface area contributed by atoms with E-state index in [0.717, 1.165) is 12.8 Å². The number of urea groups is 1. The lowest BCUT2D eigenvalue weighted by atomic mass is 9.76. The Kier molecular flexibility index (Phi) is 12.2. The van der Waals surface area contributed by atoms with Crippen molar-refractivity contribution in [3.05, 3.63) is 0 Å². The molecule has 3 amide bonds. The van der Waals surface area contributed by atoms with Crippen LogP contribution in [0.4, 0.5) is 4.79 Å². The fourth-order valence-corrected chi connectivity index (χ4v) is 3.72. The van der Waals surface area contributed by atoms with Crippen LogP contribution in [0.1, 0.15) is 93.9 Å². The van der Waals surface area contributed by atoms with Gasteiger partial charge in [0.1, 0.15) is 0 Å². The van der Waals surface area contributed by atoms with Gasteiger partial charge >= 0.3 is 6.03 Å². The summed E-state index contributed by atoms with van der Waals surface area (Å²) in [5, 5.41) is 9.07. The highest BCUT2D eigenvalue weighted by atomic mass is 16.2. The second kappa shape index (κ2) is 12.9. The molecular weight excluding hydrogens is 380 g/mol. The molecular formula is C23H46N4O3. The highest BCUT2D eigenvalue weighted by Gasteiger charge is 2.37. The minimum atomic E-state index is -0.589. The van der Waals surface area contributed by atoms with Gasteiger partial charge in [-0.05, 0) is 51.9 Å². The molecule has 7 heteroatoms. The standard InChI is InChI=1S/C23H46N4O3/c1-9-14-22(6,7)27-18(16(4)5)20(29)26-17(13-12-15-25-21(24)30)19(28)23(8,10-2)11-3/h16-18,27H,9-15H2,1-8H3,(H,26,29)(H3,24,25,30). The summed E-state index contributed by atoms with van der Waals surface area (Å²) in [7, 11) is 0. The van der Waals surface area contributed by atoms with Crippen molar-refractivity contribution >= 4 is 17.7 Å². The van der Waals surface area contributed by atoms with Gasteiger partial charge in [-0.25, -0.2) is 4.79 Å². The average molecular weight is 427 g/mol. The van der Waals surface area contributed by atoms with E-state index in [-0.39, 0.29) is 29.2 Å². The molecule has 0 radical (unpaired) electrons. The van der Waals surface area contributed by atoms with Crippen LogP contribution in [0.5, 0.6) is 0 Å². The van der Waals surface area contributed by atoms with Crippen LogP contribution in [0.2, 0.25) is 0 Å². The average Bonchev–Trinajstić information content (AvgIpc) is 2.66. The summed E-state index contributed by atoms with van der Waals surface area (Å²) < 4.78 is 0. The third-order valence-corrected chi connectivity index (χ3v) is 6.13. The van der Waals surface area contributed by atoms with Gasteiger partial charge in [0.25, 0.3) is 0 Å². The van der Waals surface area contributed by atoms with E-state index >= 15 is 0 Å². The van der Waals surface area contributed by atoms with Crippen molar-refractivity contribution in [2.45, 2.75) is 112 Å². The molecule has 0 aromatic rings. The summed E-state index contributed by atoms with van der Waals surface area (Å²) >= 11 is 0. The molecule has 30 heavy (non-hydrogen) atoms. The van der Waals surface area contributed by atoms with Crippen molar-refractivity contribution in [3.63, 3.8) is 0 Å². The van der Waals surface area contributed by atoms with Gasteiger partial charge in [0.2, 0.25) is 5.91 Å². The first-order chi connectivity index (χ1) is 13.8. The van der Waals surface area contributed by atoms with Crippen molar-refractivity contribution in [2.75, 3.05) is 6.54 Å². The van der Waals surface area contributed by atoms with Gasteiger partial charge < -0.3 is 21.7 Å². The normalized spacial score (nSPS) is 14.3. The first-order valence-corrected chi connectivity index (χ1v) is 11.5. The highest BCUT2D eigenvalue weighted by molar-refractivity contribution is 5.94. The lowest BCUT2D eigenvalue weighted by Crippen LogP contribution is -2.58. The van der Waals surface area contributed by atoms with Gasteiger partial charge in [0.05, 0.1) is 12.1 Å².